The summed E-state index contributed by atoms with van der Waals surface area (Å²) in [5, 5.41) is 54.9. The maximum absolute atomic E-state index is 11.6. The van der Waals surface area contributed by atoms with E-state index in [0.717, 1.165) is 0 Å². The molecular formula is C12H8BiK5O14. The molecular weight excluding hydrogens is 773 g/mol. The molecule has 150 valence electrons. The third kappa shape index (κ3) is 16.2. The van der Waals surface area contributed by atoms with Crippen molar-refractivity contribution in [1.29, 1.82) is 0 Å². The van der Waals surface area contributed by atoms with Crippen LogP contribution >= 0.6 is 0 Å². The van der Waals surface area contributed by atoms with Gasteiger partial charge in [0.25, 0.3) is 0 Å². The SMILES string of the molecule is O=C([O-])CC(CC(=O)[O-])([O][Bi]1[O]C(=O)CC(CC(=O)[O-])(C(=O)[O-])[O]1)C(=O)[O-].[K+].[K+].[K+].[K+].[K+]. The molecule has 1 unspecified atom stereocenters. The Labute approximate surface area is 403 Å². The number of carbonyl (C=O) groups excluding carboxylic acids is 6. The van der Waals surface area contributed by atoms with Gasteiger partial charge < -0.3 is 0 Å². The fourth-order valence-electron chi connectivity index (χ4n) is 2.01. The molecule has 1 aliphatic rings. The molecule has 14 nitrogen and oxygen atoms in total. The third-order valence-electron chi connectivity index (χ3n) is 3.14. The van der Waals surface area contributed by atoms with Crippen molar-refractivity contribution in [2.24, 2.45) is 0 Å². The van der Waals surface area contributed by atoms with Gasteiger partial charge in [0, 0.05) is 0 Å². The van der Waals surface area contributed by atoms with Crippen molar-refractivity contribution in [2.45, 2.75) is 36.9 Å². The van der Waals surface area contributed by atoms with Crippen LogP contribution in [0.5, 0.6) is 0 Å². The maximum Gasteiger partial charge on any atom is 1.00 e. The van der Waals surface area contributed by atoms with Gasteiger partial charge in [0.05, 0.1) is 0 Å². The van der Waals surface area contributed by atoms with E-state index in [2.05, 4.69) is 2.81 Å². The summed E-state index contributed by atoms with van der Waals surface area (Å²) in [7, 11) is 0. The van der Waals surface area contributed by atoms with E-state index in [9.17, 15) is 54.3 Å². The largest absolute Gasteiger partial charge is 1.00 e. The standard InChI is InChI=1S/2C6H7O7.Bi.5K/c2*7-3(8)1-6(13,5(11)12)2-4(9)10;;;;;;/h2*1-2H2,(H,7,8)(H,9,10)(H,11,12);;;;;;/q2*-1;+3;5*+1/p-6. The Bertz CT molecular complexity index is 686. The molecule has 0 aromatic carbocycles. The Kier molecular flexibility index (Phi) is 33.4. The van der Waals surface area contributed by atoms with Crippen LogP contribution in [-0.2, 0) is 37.2 Å². The molecule has 1 rings (SSSR count). The topological polar surface area (TPSA) is 245 Å². The molecule has 0 bridgehead atoms. The van der Waals surface area contributed by atoms with Crippen LogP contribution in [0, 0.1) is 0 Å². The molecule has 1 heterocycles. The fourth-order valence-corrected chi connectivity index (χ4v) is 7.14. The molecule has 0 aromatic heterocycles. The predicted octanol–water partition coefficient (Wildman–Crippen LogP) is -23.6. The van der Waals surface area contributed by atoms with E-state index in [0.29, 0.717) is 0 Å². The van der Waals surface area contributed by atoms with Gasteiger partial charge in [-0.2, -0.15) is 0 Å². The normalized spacial score (nSPS) is 17.3. The van der Waals surface area contributed by atoms with Crippen molar-refractivity contribution in [1.82, 2.24) is 0 Å². The van der Waals surface area contributed by atoms with Crippen LogP contribution in [0.4, 0.5) is 0 Å². The third-order valence-corrected chi connectivity index (χ3v) is 8.39. The van der Waals surface area contributed by atoms with Gasteiger partial charge in [-0.1, -0.05) is 0 Å². The average molecular weight is 781 g/mol. The molecule has 1 atom stereocenters. The number of aliphatic carboxylic acids is 5. The van der Waals surface area contributed by atoms with Gasteiger partial charge in [-0.15, -0.1) is 0 Å². The van der Waals surface area contributed by atoms with Crippen molar-refractivity contribution in [2.75, 3.05) is 0 Å². The van der Waals surface area contributed by atoms with Crippen LogP contribution in [0.15, 0.2) is 0 Å². The minimum Gasteiger partial charge on any atom is 1.00 e. The van der Waals surface area contributed by atoms with Crippen molar-refractivity contribution in [3.63, 3.8) is 0 Å². The van der Waals surface area contributed by atoms with Crippen molar-refractivity contribution in [3.05, 3.63) is 0 Å². The summed E-state index contributed by atoms with van der Waals surface area (Å²) >= 11 is -5.06. The number of carboxylic acids is 5. The van der Waals surface area contributed by atoms with Crippen molar-refractivity contribution in [3.8, 4) is 0 Å². The van der Waals surface area contributed by atoms with E-state index in [1.54, 1.807) is 0 Å². The second-order valence-electron chi connectivity index (χ2n) is 5.26. The van der Waals surface area contributed by atoms with Gasteiger partial charge in [0.15, 0.2) is 0 Å². The molecule has 0 saturated carbocycles. The molecule has 20 heteroatoms. The van der Waals surface area contributed by atoms with Crippen LogP contribution < -0.4 is 282 Å². The van der Waals surface area contributed by atoms with E-state index in [1.165, 1.54) is 0 Å². The number of hydrogen-bond donors (Lipinski definition) is 0. The second-order valence-corrected chi connectivity index (χ2v) is 9.12. The van der Waals surface area contributed by atoms with Crippen molar-refractivity contribution >= 4 is 58.9 Å². The zero-order valence-corrected chi connectivity index (χ0v) is 37.1. The summed E-state index contributed by atoms with van der Waals surface area (Å²) < 4.78 is 14.1. The van der Waals surface area contributed by atoms with E-state index in [4.69, 9.17) is 5.63 Å². The van der Waals surface area contributed by atoms with Crippen LogP contribution in [0.25, 0.3) is 0 Å². The minimum absolute atomic E-state index is 0. The zero-order valence-electron chi connectivity index (χ0n) is 18.0. The van der Waals surface area contributed by atoms with Crippen molar-refractivity contribution < 1.29 is 320 Å². The minimum atomic E-state index is -5.06. The number of carbonyl (C=O) groups is 6. The number of hydrogen-bond acceptors (Lipinski definition) is 14. The number of carboxylic acid groups (broad SMARTS) is 5. The summed E-state index contributed by atoms with van der Waals surface area (Å²) in [6.45, 7) is 0. The molecule has 0 aromatic rings. The molecule has 0 aliphatic carbocycles. The quantitative estimate of drug-likeness (QED) is 0.187. The van der Waals surface area contributed by atoms with Crippen LogP contribution in [0.1, 0.15) is 25.7 Å². The van der Waals surface area contributed by atoms with Crippen LogP contribution in [0.3, 0.4) is 0 Å². The molecule has 1 saturated heterocycles. The average Bonchev–Trinajstić information content (AvgIpc) is 2.43. The van der Waals surface area contributed by atoms with Crippen LogP contribution in [-0.4, -0.2) is 70.1 Å². The van der Waals surface area contributed by atoms with E-state index < -0.39 is 95.8 Å². The molecule has 0 N–H and O–H groups in total. The van der Waals surface area contributed by atoms with Gasteiger partial charge >= 0.3 is 415 Å². The fraction of sp³-hybridized carbons (Fsp3) is 0.500. The Balaban J connectivity index is -0.000000486. The first-order chi connectivity index (χ1) is 12.3. The Hall–Kier alpha value is 5.80. The molecule has 1 aliphatic heterocycles. The Morgan fingerprint density at radius 2 is 1.31 bits per heavy atom. The summed E-state index contributed by atoms with van der Waals surface area (Å²) in [6.07, 6.45) is -5.76. The maximum atomic E-state index is 11.6. The van der Waals surface area contributed by atoms with E-state index in [1.807, 2.05) is 0 Å². The summed E-state index contributed by atoms with van der Waals surface area (Å²) in [4.78, 5) is 66.5. The molecule has 0 amide bonds. The smallest absolute Gasteiger partial charge is 1.00 e. The molecule has 0 spiro atoms. The predicted molar refractivity (Wildman–Crippen MR) is 63.0 cm³/mol. The summed E-state index contributed by atoms with van der Waals surface area (Å²) in [5.41, 5.74) is -6.00. The van der Waals surface area contributed by atoms with E-state index >= 15 is 0 Å². The number of rotatable bonds is 10. The van der Waals surface area contributed by atoms with Gasteiger partial charge in [0.2, 0.25) is 0 Å². The summed E-state index contributed by atoms with van der Waals surface area (Å²) in [5.74, 6) is -12.1. The van der Waals surface area contributed by atoms with Crippen LogP contribution in [0.2, 0.25) is 0 Å². The zero-order chi connectivity index (χ0) is 21.0. The van der Waals surface area contributed by atoms with Gasteiger partial charge in [-0.25, -0.2) is 0 Å². The molecule has 32 heavy (non-hydrogen) atoms. The first-order valence-electron chi connectivity index (χ1n) is 6.73. The Morgan fingerprint density at radius 1 is 0.875 bits per heavy atom. The van der Waals surface area contributed by atoms with Gasteiger partial charge in [-0.05, 0) is 0 Å². The van der Waals surface area contributed by atoms with E-state index in [-0.39, 0.29) is 257 Å². The first-order valence-corrected chi connectivity index (χ1v) is 11.0. The van der Waals surface area contributed by atoms with Gasteiger partial charge in [0.1, 0.15) is 0 Å². The molecule has 1 fully saturated rings. The molecule has 0 radical (unpaired) electrons. The first kappa shape index (κ1) is 47.6. The monoisotopic (exact) mass is 780 g/mol. The summed E-state index contributed by atoms with van der Waals surface area (Å²) in [6, 6.07) is 0. The second kappa shape index (κ2) is 22.5. The Morgan fingerprint density at radius 3 is 1.62 bits per heavy atom. The van der Waals surface area contributed by atoms with Gasteiger partial charge in [-0.3, -0.25) is 0 Å².